The zero-order chi connectivity index (χ0) is 22.0. The van der Waals surface area contributed by atoms with E-state index < -0.39 is 5.91 Å². The van der Waals surface area contributed by atoms with Gasteiger partial charge in [-0.1, -0.05) is 59.6 Å². The second-order valence-corrected chi connectivity index (χ2v) is 8.60. The van der Waals surface area contributed by atoms with Gasteiger partial charge < -0.3 is 5.32 Å². The molecule has 2 aromatic carbocycles. The lowest BCUT2D eigenvalue weighted by Gasteiger charge is -2.03. The molecule has 0 unspecified atom stereocenters. The third kappa shape index (κ3) is 5.07. The minimum atomic E-state index is -0.398. The highest BCUT2D eigenvalue weighted by Crippen LogP contribution is 2.31. The maximum absolute atomic E-state index is 12.3. The molecule has 0 saturated carbocycles. The van der Waals surface area contributed by atoms with E-state index in [9.17, 15) is 9.59 Å². The molecule has 0 spiro atoms. The first-order chi connectivity index (χ1) is 14.9. The van der Waals surface area contributed by atoms with Crippen LogP contribution in [0.25, 0.3) is 17.3 Å². The maximum atomic E-state index is 12.3. The Balaban J connectivity index is 1.69. The van der Waals surface area contributed by atoms with Gasteiger partial charge in [0, 0.05) is 24.2 Å². The predicted octanol–water partition coefficient (Wildman–Crippen LogP) is 5.01. The Morgan fingerprint density at radius 3 is 2.65 bits per heavy atom. The number of hydrogen-bond acceptors (Lipinski definition) is 4. The van der Waals surface area contributed by atoms with E-state index in [2.05, 4.69) is 10.3 Å². The van der Waals surface area contributed by atoms with Crippen LogP contribution in [0.3, 0.4) is 0 Å². The van der Waals surface area contributed by atoms with Gasteiger partial charge in [0.05, 0.1) is 27.2 Å². The second-order valence-electron chi connectivity index (χ2n) is 6.76. The number of rotatable bonds is 4. The number of benzene rings is 2. The van der Waals surface area contributed by atoms with E-state index in [0.717, 1.165) is 34.1 Å². The molecule has 4 rings (SSSR count). The first kappa shape index (κ1) is 21.4. The first-order valence-corrected chi connectivity index (χ1v) is 10.8. The summed E-state index contributed by atoms with van der Waals surface area (Å²) >= 11 is 13.3. The van der Waals surface area contributed by atoms with Gasteiger partial charge in [0.15, 0.2) is 5.17 Å². The van der Waals surface area contributed by atoms with Crippen LogP contribution in [0.5, 0.6) is 0 Å². The minimum Gasteiger partial charge on any atom is -0.305 e. The molecule has 0 aliphatic carbocycles. The van der Waals surface area contributed by atoms with Gasteiger partial charge in [0.1, 0.15) is 0 Å². The molecule has 2 amide bonds. The Bertz CT molecular complexity index is 1240. The van der Waals surface area contributed by atoms with Crippen molar-refractivity contribution >= 4 is 58.0 Å². The van der Waals surface area contributed by atoms with Gasteiger partial charge in [-0.3, -0.25) is 14.3 Å². The quantitative estimate of drug-likeness (QED) is 0.543. The van der Waals surface area contributed by atoms with E-state index in [1.165, 1.54) is 6.92 Å². The van der Waals surface area contributed by atoms with Gasteiger partial charge in [-0.05, 0) is 35.5 Å². The van der Waals surface area contributed by atoms with Crippen LogP contribution in [0.15, 0.2) is 64.6 Å². The molecule has 0 bridgehead atoms. The highest BCUT2D eigenvalue weighted by molar-refractivity contribution is 8.18. The number of carbonyl (C=O) groups is 2. The fraction of sp³-hybridized carbons (Fsp3) is 0.0909. The molecule has 0 saturated heterocycles. The van der Waals surface area contributed by atoms with Crippen LogP contribution in [-0.2, 0) is 16.1 Å². The van der Waals surface area contributed by atoms with Crippen molar-refractivity contribution in [1.82, 2.24) is 15.1 Å². The van der Waals surface area contributed by atoms with Crippen LogP contribution in [0.4, 0.5) is 0 Å². The molecular weight excluding hydrogens is 455 g/mol. The number of nitrogens with zero attached hydrogens (tertiary/aromatic N) is 3. The van der Waals surface area contributed by atoms with E-state index in [-0.39, 0.29) is 11.1 Å². The summed E-state index contributed by atoms with van der Waals surface area (Å²) < 4.78 is 1.79. The van der Waals surface area contributed by atoms with Crippen molar-refractivity contribution in [3.63, 3.8) is 0 Å². The summed E-state index contributed by atoms with van der Waals surface area (Å²) in [5.41, 5.74) is 3.36. The zero-order valence-corrected chi connectivity index (χ0v) is 18.6. The predicted molar refractivity (Wildman–Crippen MR) is 125 cm³/mol. The summed E-state index contributed by atoms with van der Waals surface area (Å²) in [6.45, 7) is 1.85. The third-order valence-corrected chi connectivity index (χ3v) is 5.99. The first-order valence-electron chi connectivity index (χ1n) is 9.26. The normalized spacial score (nSPS) is 14.7. The summed E-state index contributed by atoms with van der Waals surface area (Å²) in [4.78, 5) is 27.9. The van der Waals surface area contributed by atoms with Crippen molar-refractivity contribution < 1.29 is 9.59 Å². The maximum Gasteiger partial charge on any atom is 0.286 e. The molecule has 6 nitrogen and oxygen atoms in total. The van der Waals surface area contributed by atoms with Gasteiger partial charge in [0.25, 0.3) is 5.91 Å². The number of aliphatic imine (C=N–C) groups is 1. The molecule has 3 aromatic rings. The molecule has 2 heterocycles. The highest BCUT2D eigenvalue weighted by atomic mass is 35.5. The van der Waals surface area contributed by atoms with Gasteiger partial charge in [-0.2, -0.15) is 10.1 Å². The van der Waals surface area contributed by atoms with Crippen molar-refractivity contribution in [2.45, 2.75) is 13.5 Å². The van der Waals surface area contributed by atoms with E-state index in [1.54, 1.807) is 22.9 Å². The molecular formula is C22H16Cl2N4O2S. The van der Waals surface area contributed by atoms with Gasteiger partial charge in [-0.25, -0.2) is 0 Å². The number of nitrogens with one attached hydrogen (secondary N) is 1. The second kappa shape index (κ2) is 9.09. The van der Waals surface area contributed by atoms with E-state index >= 15 is 0 Å². The molecule has 1 aromatic heterocycles. The Labute approximate surface area is 193 Å². The van der Waals surface area contributed by atoms with Gasteiger partial charge >= 0.3 is 0 Å². The van der Waals surface area contributed by atoms with Gasteiger partial charge in [-0.15, -0.1) is 0 Å². The number of amides is 2. The van der Waals surface area contributed by atoms with Crippen molar-refractivity contribution in [2.75, 3.05) is 0 Å². The van der Waals surface area contributed by atoms with E-state index in [1.807, 2.05) is 42.6 Å². The average molecular weight is 471 g/mol. The minimum absolute atomic E-state index is 0.271. The summed E-state index contributed by atoms with van der Waals surface area (Å²) in [7, 11) is 0. The molecule has 0 radical (unpaired) electrons. The van der Waals surface area contributed by atoms with E-state index in [0.29, 0.717) is 21.5 Å². The molecule has 1 N–H and O–H groups in total. The Morgan fingerprint density at radius 1 is 1.16 bits per heavy atom. The lowest BCUT2D eigenvalue weighted by molar-refractivity contribution is -0.117. The fourth-order valence-corrected chi connectivity index (χ4v) is 4.19. The molecule has 9 heteroatoms. The van der Waals surface area contributed by atoms with Crippen LogP contribution < -0.4 is 5.32 Å². The standard InChI is InChI=1S/C22H16Cl2N4O2S/c1-13(29)25-22-26-21(30)19(31-22)10-16-12-28(11-14-7-8-17(23)18(24)9-14)27-20(16)15-5-3-2-4-6-15/h2-10,12H,11H2,1H3,(H,25,26,29,30)/b19-10-. The number of thioether (sulfide) groups is 1. The molecule has 0 fully saturated rings. The molecule has 0 atom stereocenters. The Hall–Kier alpha value is -2.87. The van der Waals surface area contributed by atoms with Crippen LogP contribution in [0.1, 0.15) is 18.1 Å². The molecule has 156 valence electrons. The number of hydrogen-bond donors (Lipinski definition) is 1. The van der Waals surface area contributed by atoms with E-state index in [4.69, 9.17) is 28.3 Å². The van der Waals surface area contributed by atoms with Crippen molar-refractivity contribution in [2.24, 2.45) is 4.99 Å². The van der Waals surface area contributed by atoms with Gasteiger partial charge in [0.2, 0.25) is 5.91 Å². The lowest BCUT2D eigenvalue weighted by atomic mass is 10.1. The van der Waals surface area contributed by atoms with Crippen molar-refractivity contribution in [1.29, 1.82) is 0 Å². The topological polar surface area (TPSA) is 76.3 Å². The SMILES string of the molecule is CC(=O)NC1=NC(=O)/C(=C/c2cn(Cc3ccc(Cl)c(Cl)c3)nc2-c2ccccc2)S1. The number of aromatic nitrogens is 2. The smallest absolute Gasteiger partial charge is 0.286 e. The Kier molecular flexibility index (Phi) is 6.27. The van der Waals surface area contributed by atoms with Crippen LogP contribution >= 0.6 is 35.0 Å². The zero-order valence-electron chi connectivity index (χ0n) is 16.3. The Morgan fingerprint density at radius 2 is 1.94 bits per heavy atom. The highest BCUT2D eigenvalue weighted by Gasteiger charge is 2.23. The van der Waals surface area contributed by atoms with Crippen molar-refractivity contribution in [3.05, 3.63) is 80.8 Å². The summed E-state index contributed by atoms with van der Waals surface area (Å²) in [5, 5.41) is 8.53. The lowest BCUT2D eigenvalue weighted by Crippen LogP contribution is -2.23. The summed E-state index contributed by atoms with van der Waals surface area (Å²) in [5.74, 6) is -0.676. The van der Waals surface area contributed by atoms with Crippen molar-refractivity contribution in [3.8, 4) is 11.3 Å². The molecule has 1 aliphatic heterocycles. The summed E-state index contributed by atoms with van der Waals surface area (Å²) in [6, 6.07) is 15.1. The monoisotopic (exact) mass is 470 g/mol. The van der Waals surface area contributed by atoms with Crippen LogP contribution in [0.2, 0.25) is 10.0 Å². The third-order valence-electron chi connectivity index (χ3n) is 4.36. The average Bonchev–Trinajstić information content (AvgIpc) is 3.28. The molecule has 31 heavy (non-hydrogen) atoms. The number of amidine groups is 1. The largest absolute Gasteiger partial charge is 0.305 e. The fourth-order valence-electron chi connectivity index (χ4n) is 3.02. The van der Waals surface area contributed by atoms with Crippen LogP contribution in [0, 0.1) is 0 Å². The number of halogens is 2. The summed E-state index contributed by atoms with van der Waals surface area (Å²) in [6.07, 6.45) is 3.61. The number of carbonyl (C=O) groups excluding carboxylic acids is 2. The molecule has 1 aliphatic rings. The van der Waals surface area contributed by atoms with Crippen LogP contribution in [-0.4, -0.2) is 26.8 Å².